The summed E-state index contributed by atoms with van der Waals surface area (Å²) in [5.74, 6) is 1.78. The second kappa shape index (κ2) is 14.7. The molecule has 0 bridgehead atoms. The summed E-state index contributed by atoms with van der Waals surface area (Å²) in [5.41, 5.74) is 22.5. The molecular formula is C64H45NO. The summed E-state index contributed by atoms with van der Waals surface area (Å²) < 4.78 is 6.93. The summed E-state index contributed by atoms with van der Waals surface area (Å²) in [6.07, 6.45) is 0. The number of hydrogen-bond acceptors (Lipinski definition) is 2. The van der Waals surface area contributed by atoms with E-state index in [0.29, 0.717) is 0 Å². The summed E-state index contributed by atoms with van der Waals surface area (Å²) >= 11 is 0. The van der Waals surface area contributed by atoms with Crippen molar-refractivity contribution >= 4 is 17.1 Å². The van der Waals surface area contributed by atoms with Gasteiger partial charge in [0.1, 0.15) is 11.5 Å². The van der Waals surface area contributed by atoms with Gasteiger partial charge in [0.15, 0.2) is 0 Å². The van der Waals surface area contributed by atoms with Crippen LogP contribution >= 0.6 is 0 Å². The van der Waals surface area contributed by atoms with Crippen molar-refractivity contribution in [3.63, 3.8) is 0 Å². The van der Waals surface area contributed by atoms with Crippen LogP contribution in [0.15, 0.2) is 237 Å². The molecule has 0 aromatic heterocycles. The van der Waals surface area contributed by atoms with Crippen LogP contribution in [0.3, 0.4) is 0 Å². The number of nitrogens with zero attached hydrogens (tertiary/aromatic N) is 1. The Labute approximate surface area is 386 Å². The van der Waals surface area contributed by atoms with Crippen LogP contribution < -0.4 is 9.64 Å². The molecule has 0 radical (unpaired) electrons. The Kier molecular flexibility index (Phi) is 8.51. The third-order valence-corrected chi connectivity index (χ3v) is 14.5. The van der Waals surface area contributed by atoms with E-state index < -0.39 is 5.41 Å². The molecule has 2 aliphatic carbocycles. The predicted molar refractivity (Wildman–Crippen MR) is 272 cm³/mol. The second-order valence-electron chi connectivity index (χ2n) is 18.4. The van der Waals surface area contributed by atoms with Crippen LogP contribution in [0.2, 0.25) is 0 Å². The molecule has 0 amide bonds. The fourth-order valence-electron chi connectivity index (χ4n) is 11.4. The van der Waals surface area contributed by atoms with Crippen molar-refractivity contribution in [1.82, 2.24) is 0 Å². The lowest BCUT2D eigenvalue weighted by Crippen LogP contribution is -2.32. The van der Waals surface area contributed by atoms with E-state index in [0.717, 1.165) is 45.3 Å². The third kappa shape index (κ3) is 5.68. The highest BCUT2D eigenvalue weighted by Crippen LogP contribution is 2.62. The van der Waals surface area contributed by atoms with E-state index in [1.54, 1.807) is 0 Å². The summed E-state index contributed by atoms with van der Waals surface area (Å²) in [5, 5.41) is 0. The normalized spacial score (nSPS) is 14.0. The molecule has 66 heavy (non-hydrogen) atoms. The molecule has 0 saturated carbocycles. The molecule has 0 atom stereocenters. The zero-order valence-electron chi connectivity index (χ0n) is 36.9. The highest BCUT2D eigenvalue weighted by Gasteiger charge is 2.51. The molecule has 2 heteroatoms. The van der Waals surface area contributed by atoms with Gasteiger partial charge in [-0.2, -0.15) is 0 Å². The van der Waals surface area contributed by atoms with Gasteiger partial charge >= 0.3 is 0 Å². The quantitative estimate of drug-likeness (QED) is 0.165. The molecule has 2 nitrogen and oxygen atoms in total. The lowest BCUT2D eigenvalue weighted by atomic mass is 9.66. The monoisotopic (exact) mass is 843 g/mol. The summed E-state index contributed by atoms with van der Waals surface area (Å²) in [4.78, 5) is 2.42. The fraction of sp³-hybridized carbons (Fsp3) is 0.0625. The Balaban J connectivity index is 0.936. The second-order valence-corrected chi connectivity index (χ2v) is 18.4. The molecule has 312 valence electrons. The van der Waals surface area contributed by atoms with Gasteiger partial charge in [0.2, 0.25) is 0 Å². The van der Waals surface area contributed by atoms with Gasteiger partial charge in [-0.3, -0.25) is 0 Å². The van der Waals surface area contributed by atoms with Crippen molar-refractivity contribution in [3.8, 4) is 67.1 Å². The molecule has 0 N–H and O–H groups in total. The first kappa shape index (κ1) is 38.3. The topological polar surface area (TPSA) is 12.5 Å². The molecule has 1 aliphatic heterocycles. The van der Waals surface area contributed by atoms with Crippen LogP contribution in [0.4, 0.5) is 17.1 Å². The highest BCUT2D eigenvalue weighted by atomic mass is 16.5. The largest absolute Gasteiger partial charge is 0.457 e. The van der Waals surface area contributed by atoms with Gasteiger partial charge in [-0.05, 0) is 132 Å². The molecule has 0 unspecified atom stereocenters. The molecule has 10 aromatic rings. The van der Waals surface area contributed by atoms with E-state index in [1.807, 2.05) is 0 Å². The number of rotatable bonds is 6. The zero-order chi connectivity index (χ0) is 44.0. The van der Waals surface area contributed by atoms with Gasteiger partial charge in [0, 0.05) is 33.6 Å². The first-order valence-electron chi connectivity index (χ1n) is 23.0. The maximum atomic E-state index is 6.93. The van der Waals surface area contributed by atoms with Crippen molar-refractivity contribution in [2.75, 3.05) is 4.90 Å². The van der Waals surface area contributed by atoms with Crippen molar-refractivity contribution in [1.29, 1.82) is 0 Å². The van der Waals surface area contributed by atoms with Crippen LogP contribution in [0.25, 0.3) is 55.6 Å². The molecule has 10 aromatic carbocycles. The minimum Gasteiger partial charge on any atom is -0.457 e. The predicted octanol–water partition coefficient (Wildman–Crippen LogP) is 16.9. The van der Waals surface area contributed by atoms with Crippen LogP contribution in [-0.4, -0.2) is 0 Å². The maximum Gasteiger partial charge on any atom is 0.132 e. The van der Waals surface area contributed by atoms with Gasteiger partial charge < -0.3 is 9.64 Å². The lowest BCUT2D eigenvalue weighted by molar-refractivity contribution is 0.436. The summed E-state index contributed by atoms with van der Waals surface area (Å²) in [7, 11) is 0. The van der Waals surface area contributed by atoms with E-state index in [2.05, 4.69) is 255 Å². The lowest BCUT2D eigenvalue weighted by Gasteiger charge is -2.39. The van der Waals surface area contributed by atoms with Gasteiger partial charge in [-0.25, -0.2) is 0 Å². The third-order valence-electron chi connectivity index (χ3n) is 14.5. The average Bonchev–Trinajstić information content (AvgIpc) is 3.79. The van der Waals surface area contributed by atoms with Crippen molar-refractivity contribution < 1.29 is 4.74 Å². The van der Waals surface area contributed by atoms with Crippen molar-refractivity contribution in [2.45, 2.75) is 24.7 Å². The molecule has 0 saturated heterocycles. The van der Waals surface area contributed by atoms with E-state index in [4.69, 9.17) is 4.74 Å². The van der Waals surface area contributed by atoms with Crippen LogP contribution in [0, 0.1) is 0 Å². The molecule has 13 rings (SSSR count). The smallest absolute Gasteiger partial charge is 0.132 e. The summed E-state index contributed by atoms with van der Waals surface area (Å²) in [6.45, 7) is 4.75. The Morgan fingerprint density at radius 1 is 0.288 bits per heavy atom. The SMILES string of the molecule is CC1(C)c2cc(-c3ccccc3)ccc2-c2ccc(N(c3ccc(-c4ccccc4)cc3)c3cccc(-c4ccc5c(c4)Oc4ccccc4C54c5ccccc5-c5ccccc54)c3)cc21. The van der Waals surface area contributed by atoms with Crippen molar-refractivity contribution in [3.05, 3.63) is 270 Å². The summed E-state index contributed by atoms with van der Waals surface area (Å²) in [6, 6.07) is 86.6. The van der Waals surface area contributed by atoms with Crippen LogP contribution in [0.5, 0.6) is 11.5 Å². The number of hydrogen-bond donors (Lipinski definition) is 0. The van der Waals surface area contributed by atoms with E-state index >= 15 is 0 Å². The van der Waals surface area contributed by atoms with Crippen LogP contribution in [-0.2, 0) is 10.8 Å². The molecule has 3 aliphatic rings. The Hall–Kier alpha value is -8.20. The number of ether oxygens (including phenoxy) is 1. The first-order valence-corrected chi connectivity index (χ1v) is 23.0. The van der Waals surface area contributed by atoms with E-state index in [9.17, 15) is 0 Å². The minimum atomic E-state index is -0.495. The molecule has 1 spiro atoms. The highest BCUT2D eigenvalue weighted by molar-refractivity contribution is 5.91. The van der Waals surface area contributed by atoms with E-state index in [1.165, 1.54) is 72.3 Å². The number of benzene rings is 10. The first-order chi connectivity index (χ1) is 32.5. The zero-order valence-corrected chi connectivity index (χ0v) is 36.9. The fourth-order valence-corrected chi connectivity index (χ4v) is 11.4. The van der Waals surface area contributed by atoms with E-state index in [-0.39, 0.29) is 5.41 Å². The van der Waals surface area contributed by atoms with Gasteiger partial charge in [0.25, 0.3) is 0 Å². The molecular weight excluding hydrogens is 799 g/mol. The average molecular weight is 844 g/mol. The van der Waals surface area contributed by atoms with Gasteiger partial charge in [0.05, 0.1) is 5.41 Å². The number of para-hydroxylation sites is 1. The minimum absolute atomic E-state index is 0.199. The Morgan fingerprint density at radius 3 is 1.45 bits per heavy atom. The molecule has 0 fully saturated rings. The Morgan fingerprint density at radius 2 is 0.742 bits per heavy atom. The van der Waals surface area contributed by atoms with Gasteiger partial charge in [-0.15, -0.1) is 0 Å². The number of fused-ring (bicyclic) bond motifs is 12. The number of anilines is 3. The molecule has 1 heterocycles. The van der Waals surface area contributed by atoms with Gasteiger partial charge in [-0.1, -0.05) is 196 Å². The van der Waals surface area contributed by atoms with Crippen molar-refractivity contribution in [2.24, 2.45) is 0 Å². The Bertz CT molecular complexity index is 3480. The maximum absolute atomic E-state index is 6.93. The standard InChI is InChI=1S/C64H45NO/c1-63(2)59-39-46(43-18-7-4-8-19-43)30-35-53(59)54-36-34-50(41-60(54)63)65(48-32-28-44(29-33-48)42-16-5-3-6-17-42)49-21-15-20-45(38-49)47-31-37-58-62(40-47)66-61-27-14-13-26-57(61)64(58)55-24-11-9-22-51(55)52-23-10-12-25-56(52)64/h3-41H,1-2H3. The van der Waals surface area contributed by atoms with Crippen LogP contribution in [0.1, 0.15) is 47.2 Å².